The third-order valence-electron chi connectivity index (χ3n) is 1.34. The Kier molecular flexibility index (Phi) is 4.73. The van der Waals surface area contributed by atoms with Crippen molar-refractivity contribution in [1.82, 2.24) is 0 Å². The second-order valence-electron chi connectivity index (χ2n) is 2.22. The summed E-state index contributed by atoms with van der Waals surface area (Å²) in [5.74, 6) is 0.773. The van der Waals surface area contributed by atoms with Crippen LogP contribution in [0, 0.1) is 5.92 Å². The number of hydrogen-bond donors (Lipinski definition) is 0. The topological polar surface area (TPSA) is 0 Å². The molecule has 0 rings (SSSR count). The van der Waals surface area contributed by atoms with Gasteiger partial charge >= 0.3 is 0 Å². The number of allylic oxidation sites excluding steroid dienone is 2. The molecule has 0 aromatic rings. The predicted octanol–water partition coefficient (Wildman–Crippen LogP) is 3.00. The zero-order valence-electron chi connectivity index (χ0n) is 6.15. The Bertz CT molecular complexity index is 62.4. The predicted molar refractivity (Wildman–Crippen MR) is 38.9 cm³/mol. The van der Waals surface area contributed by atoms with Crippen molar-refractivity contribution in [2.45, 2.75) is 33.6 Å². The monoisotopic (exact) mass is 112 g/mol. The molecule has 0 saturated heterocycles. The van der Waals surface area contributed by atoms with Gasteiger partial charge in [-0.2, -0.15) is 0 Å². The van der Waals surface area contributed by atoms with Crippen molar-refractivity contribution in [1.29, 1.82) is 0 Å². The van der Waals surface area contributed by atoms with Gasteiger partial charge in [0.15, 0.2) is 0 Å². The zero-order chi connectivity index (χ0) is 6.41. The van der Waals surface area contributed by atoms with E-state index in [-0.39, 0.29) is 0 Å². The molecule has 0 heterocycles. The van der Waals surface area contributed by atoms with E-state index in [2.05, 4.69) is 32.9 Å². The minimum Gasteiger partial charge on any atom is -0.0885 e. The van der Waals surface area contributed by atoms with Crippen molar-refractivity contribution in [3.05, 3.63) is 12.2 Å². The summed E-state index contributed by atoms with van der Waals surface area (Å²) in [6.45, 7) is 6.62. The minimum absolute atomic E-state index is 0.773. The Morgan fingerprint density at radius 3 is 2.38 bits per heavy atom. The molecule has 0 N–H and O–H groups in total. The van der Waals surface area contributed by atoms with Crippen LogP contribution in [0.25, 0.3) is 0 Å². The maximum atomic E-state index is 2.28. The van der Waals surface area contributed by atoms with Crippen molar-refractivity contribution < 1.29 is 0 Å². The molecule has 0 heteroatoms. The smallest absolute Gasteiger partial charge is 0.0265 e. The number of rotatable bonds is 3. The molecule has 0 spiro atoms. The fourth-order valence-electron chi connectivity index (χ4n) is 0.504. The van der Waals surface area contributed by atoms with Gasteiger partial charge in [-0.3, -0.25) is 0 Å². The Labute approximate surface area is 52.6 Å². The molecule has 0 radical (unpaired) electrons. The summed E-state index contributed by atoms with van der Waals surface area (Å²) in [4.78, 5) is 0. The molecule has 0 amide bonds. The van der Waals surface area contributed by atoms with Gasteiger partial charge in [-0.1, -0.05) is 39.3 Å². The molecular formula is C8H16. The lowest BCUT2D eigenvalue weighted by atomic mass is 10.1. The minimum atomic E-state index is 0.773. The van der Waals surface area contributed by atoms with Gasteiger partial charge in [0.2, 0.25) is 0 Å². The van der Waals surface area contributed by atoms with Gasteiger partial charge in [0, 0.05) is 0 Å². The molecule has 0 saturated carbocycles. The fourth-order valence-corrected chi connectivity index (χ4v) is 0.504. The van der Waals surface area contributed by atoms with E-state index in [4.69, 9.17) is 0 Å². The highest BCUT2D eigenvalue weighted by atomic mass is 13.9. The van der Waals surface area contributed by atoms with Crippen LogP contribution in [0.15, 0.2) is 12.2 Å². The molecular weight excluding hydrogens is 96.1 g/mol. The van der Waals surface area contributed by atoms with Crippen LogP contribution in [-0.2, 0) is 0 Å². The molecule has 0 aliphatic rings. The molecule has 0 aliphatic heterocycles. The molecule has 0 bridgehead atoms. The van der Waals surface area contributed by atoms with Crippen LogP contribution in [0.4, 0.5) is 0 Å². The SMILES string of the molecule is CC/C=C\[C@H](C)CC. The zero-order valence-corrected chi connectivity index (χ0v) is 6.15. The molecule has 0 aromatic heterocycles. The summed E-state index contributed by atoms with van der Waals surface area (Å²) >= 11 is 0. The van der Waals surface area contributed by atoms with Crippen LogP contribution < -0.4 is 0 Å². The first-order valence-electron chi connectivity index (χ1n) is 3.47. The highest BCUT2D eigenvalue weighted by molar-refractivity contribution is 4.84. The van der Waals surface area contributed by atoms with E-state index in [1.807, 2.05) is 0 Å². The second kappa shape index (κ2) is 4.89. The Balaban J connectivity index is 3.21. The van der Waals surface area contributed by atoms with Crippen molar-refractivity contribution >= 4 is 0 Å². The number of hydrogen-bond acceptors (Lipinski definition) is 0. The standard InChI is InChI=1S/C8H16/c1-4-6-7-8(3)5-2/h6-8H,4-5H2,1-3H3/b7-6-/t8-/m1/s1. The van der Waals surface area contributed by atoms with Gasteiger partial charge in [0.1, 0.15) is 0 Å². The summed E-state index contributed by atoms with van der Waals surface area (Å²) in [5.41, 5.74) is 0. The van der Waals surface area contributed by atoms with Crippen molar-refractivity contribution in [3.63, 3.8) is 0 Å². The molecule has 8 heavy (non-hydrogen) atoms. The Morgan fingerprint density at radius 1 is 1.38 bits per heavy atom. The first-order valence-corrected chi connectivity index (χ1v) is 3.47. The van der Waals surface area contributed by atoms with Crippen molar-refractivity contribution in [2.75, 3.05) is 0 Å². The summed E-state index contributed by atoms with van der Waals surface area (Å²) in [7, 11) is 0. The average molecular weight is 112 g/mol. The first kappa shape index (κ1) is 7.74. The van der Waals surface area contributed by atoms with E-state index in [9.17, 15) is 0 Å². The van der Waals surface area contributed by atoms with Crippen LogP contribution >= 0.6 is 0 Å². The molecule has 0 nitrogen and oxygen atoms in total. The first-order chi connectivity index (χ1) is 3.81. The van der Waals surface area contributed by atoms with E-state index in [0.717, 1.165) is 5.92 Å². The van der Waals surface area contributed by atoms with E-state index in [1.165, 1.54) is 12.8 Å². The summed E-state index contributed by atoms with van der Waals surface area (Å²) < 4.78 is 0. The average Bonchev–Trinajstić information content (AvgIpc) is 1.83. The molecule has 0 aliphatic carbocycles. The Hall–Kier alpha value is -0.260. The quantitative estimate of drug-likeness (QED) is 0.492. The highest BCUT2D eigenvalue weighted by Crippen LogP contribution is 2.01. The van der Waals surface area contributed by atoms with Crippen LogP contribution in [0.3, 0.4) is 0 Å². The van der Waals surface area contributed by atoms with Gasteiger partial charge in [-0.25, -0.2) is 0 Å². The van der Waals surface area contributed by atoms with Crippen LogP contribution in [-0.4, -0.2) is 0 Å². The maximum absolute atomic E-state index is 2.28. The van der Waals surface area contributed by atoms with Gasteiger partial charge in [-0.05, 0) is 12.3 Å². The van der Waals surface area contributed by atoms with E-state index in [1.54, 1.807) is 0 Å². The van der Waals surface area contributed by atoms with Crippen LogP contribution in [0.2, 0.25) is 0 Å². The largest absolute Gasteiger partial charge is 0.0885 e. The van der Waals surface area contributed by atoms with E-state index < -0.39 is 0 Å². The molecule has 48 valence electrons. The van der Waals surface area contributed by atoms with Gasteiger partial charge in [-0.15, -0.1) is 0 Å². The molecule has 0 unspecified atom stereocenters. The lowest BCUT2D eigenvalue weighted by molar-refractivity contribution is 0.695. The van der Waals surface area contributed by atoms with Crippen LogP contribution in [0.1, 0.15) is 33.6 Å². The van der Waals surface area contributed by atoms with Gasteiger partial charge < -0.3 is 0 Å². The summed E-state index contributed by atoms with van der Waals surface area (Å²) in [6, 6.07) is 0. The molecule has 1 atom stereocenters. The van der Waals surface area contributed by atoms with E-state index >= 15 is 0 Å². The summed E-state index contributed by atoms with van der Waals surface area (Å²) in [6.07, 6.45) is 6.94. The normalized spacial score (nSPS) is 14.9. The van der Waals surface area contributed by atoms with E-state index in [0.29, 0.717) is 0 Å². The van der Waals surface area contributed by atoms with Gasteiger partial charge in [0.25, 0.3) is 0 Å². The Morgan fingerprint density at radius 2 is 2.00 bits per heavy atom. The third-order valence-corrected chi connectivity index (χ3v) is 1.34. The van der Waals surface area contributed by atoms with Gasteiger partial charge in [0.05, 0.1) is 0 Å². The van der Waals surface area contributed by atoms with Crippen molar-refractivity contribution in [3.8, 4) is 0 Å². The third kappa shape index (κ3) is 3.91. The lowest BCUT2D eigenvalue weighted by Crippen LogP contribution is -1.82. The van der Waals surface area contributed by atoms with Crippen molar-refractivity contribution in [2.24, 2.45) is 5.92 Å². The molecule has 0 fully saturated rings. The highest BCUT2D eigenvalue weighted by Gasteiger charge is 1.87. The summed E-state index contributed by atoms with van der Waals surface area (Å²) in [5, 5.41) is 0. The maximum Gasteiger partial charge on any atom is -0.0265 e. The molecule has 0 aromatic carbocycles. The second-order valence-corrected chi connectivity index (χ2v) is 2.22. The lowest BCUT2D eigenvalue weighted by Gasteiger charge is -1.96. The van der Waals surface area contributed by atoms with Crippen LogP contribution in [0.5, 0.6) is 0 Å². The fraction of sp³-hybridized carbons (Fsp3) is 0.750.